The van der Waals surface area contributed by atoms with Gasteiger partial charge in [0.15, 0.2) is 0 Å². The van der Waals surface area contributed by atoms with Gasteiger partial charge >= 0.3 is 0 Å². The number of nitrogens with one attached hydrogen (secondary N) is 2. The summed E-state index contributed by atoms with van der Waals surface area (Å²) in [6.45, 7) is 0. The van der Waals surface area contributed by atoms with Crippen LogP contribution in [-0.2, 0) is 0 Å². The topological polar surface area (TPSA) is 66.2 Å². The van der Waals surface area contributed by atoms with Crippen molar-refractivity contribution in [3.8, 4) is 11.3 Å². The lowest BCUT2D eigenvalue weighted by Crippen LogP contribution is -1.91. The highest BCUT2D eigenvalue weighted by Crippen LogP contribution is 2.21. The van der Waals surface area contributed by atoms with E-state index in [4.69, 9.17) is 4.42 Å². The van der Waals surface area contributed by atoms with E-state index >= 15 is 0 Å². The Morgan fingerprint density at radius 3 is 2.71 bits per heavy atom. The molecule has 0 bridgehead atoms. The first-order valence-electron chi connectivity index (χ1n) is 7.37. The molecule has 0 amide bonds. The van der Waals surface area contributed by atoms with Crippen molar-refractivity contribution >= 4 is 23.2 Å². The second kappa shape index (κ2) is 6.00. The van der Waals surface area contributed by atoms with Gasteiger partial charge in [-0.15, -0.1) is 0 Å². The smallest absolute Gasteiger partial charge is 0.222 e. The van der Waals surface area contributed by atoms with Gasteiger partial charge in [-0.3, -0.25) is 0 Å². The molecule has 0 atom stereocenters. The molecule has 2 aromatic heterocycles. The summed E-state index contributed by atoms with van der Waals surface area (Å²) in [7, 11) is 0. The lowest BCUT2D eigenvalue weighted by Gasteiger charge is -1.96. The fourth-order valence-corrected chi connectivity index (χ4v) is 2.35. The fourth-order valence-electron chi connectivity index (χ4n) is 2.35. The molecule has 4 rings (SSSR count). The Morgan fingerprint density at radius 1 is 1.04 bits per heavy atom. The van der Waals surface area contributed by atoms with Gasteiger partial charge in [0.1, 0.15) is 17.3 Å². The normalized spacial score (nSPS) is 11.4. The molecule has 0 aliphatic carbocycles. The van der Waals surface area contributed by atoms with E-state index in [0.29, 0.717) is 17.5 Å². The quantitative estimate of drug-likeness (QED) is 0.432. The highest BCUT2D eigenvalue weighted by atomic mass is 19.1. The number of anilines is 1. The number of para-hydroxylation sites is 2. The summed E-state index contributed by atoms with van der Waals surface area (Å²) in [6.07, 6.45) is 1.56. The van der Waals surface area contributed by atoms with Crippen molar-refractivity contribution in [2.75, 3.05) is 5.43 Å². The number of furan rings is 1. The van der Waals surface area contributed by atoms with E-state index in [2.05, 4.69) is 20.5 Å². The molecule has 2 aromatic carbocycles. The van der Waals surface area contributed by atoms with Gasteiger partial charge in [-0.2, -0.15) is 5.10 Å². The minimum Gasteiger partial charge on any atom is -0.455 e. The van der Waals surface area contributed by atoms with E-state index in [0.717, 1.165) is 16.6 Å². The molecule has 2 N–H and O–H groups in total. The average Bonchev–Trinajstić information content (AvgIpc) is 3.22. The molecule has 5 nitrogen and oxygen atoms in total. The van der Waals surface area contributed by atoms with Crippen LogP contribution in [0.5, 0.6) is 0 Å². The first kappa shape index (κ1) is 14.2. The summed E-state index contributed by atoms with van der Waals surface area (Å²) in [6, 6.07) is 17.5. The Kier molecular flexibility index (Phi) is 3.55. The Balaban J connectivity index is 1.47. The summed E-state index contributed by atoms with van der Waals surface area (Å²) in [5.41, 5.74) is 5.44. The van der Waals surface area contributed by atoms with Crippen LogP contribution in [0.2, 0.25) is 0 Å². The van der Waals surface area contributed by atoms with Crippen LogP contribution in [0.15, 0.2) is 70.2 Å². The zero-order valence-electron chi connectivity index (χ0n) is 12.5. The third-order valence-corrected chi connectivity index (χ3v) is 3.51. The highest BCUT2D eigenvalue weighted by molar-refractivity contribution is 5.79. The van der Waals surface area contributed by atoms with Gasteiger partial charge in [-0.1, -0.05) is 12.1 Å². The lowest BCUT2D eigenvalue weighted by atomic mass is 10.2. The molecule has 0 aliphatic heterocycles. The van der Waals surface area contributed by atoms with Crippen LogP contribution in [0, 0.1) is 5.82 Å². The Morgan fingerprint density at radius 2 is 1.88 bits per heavy atom. The van der Waals surface area contributed by atoms with Crippen LogP contribution >= 0.6 is 0 Å². The van der Waals surface area contributed by atoms with Gasteiger partial charge in [0, 0.05) is 5.56 Å². The number of aromatic nitrogens is 2. The van der Waals surface area contributed by atoms with Gasteiger partial charge in [0.2, 0.25) is 5.95 Å². The van der Waals surface area contributed by atoms with E-state index in [1.54, 1.807) is 24.4 Å². The number of benzene rings is 2. The zero-order valence-corrected chi connectivity index (χ0v) is 12.5. The number of hydrazone groups is 1. The van der Waals surface area contributed by atoms with Gasteiger partial charge in [-0.25, -0.2) is 14.8 Å². The summed E-state index contributed by atoms with van der Waals surface area (Å²) in [5.74, 6) is 1.51. The predicted molar refractivity (Wildman–Crippen MR) is 91.4 cm³/mol. The van der Waals surface area contributed by atoms with Crippen LogP contribution < -0.4 is 5.43 Å². The molecule has 0 unspecified atom stereocenters. The molecule has 0 radical (unpaired) electrons. The predicted octanol–water partition coefficient (Wildman–Crippen LogP) is 4.41. The van der Waals surface area contributed by atoms with Gasteiger partial charge < -0.3 is 9.40 Å². The van der Waals surface area contributed by atoms with Gasteiger partial charge in [-0.05, 0) is 48.5 Å². The summed E-state index contributed by atoms with van der Waals surface area (Å²) < 4.78 is 18.6. The van der Waals surface area contributed by atoms with Crippen LogP contribution in [0.25, 0.3) is 22.4 Å². The molecule has 2 heterocycles. The molecule has 24 heavy (non-hydrogen) atoms. The molecule has 0 fully saturated rings. The summed E-state index contributed by atoms with van der Waals surface area (Å²) >= 11 is 0. The fraction of sp³-hybridized carbons (Fsp3) is 0. The monoisotopic (exact) mass is 320 g/mol. The minimum absolute atomic E-state index is 0.276. The number of rotatable bonds is 4. The van der Waals surface area contributed by atoms with E-state index in [1.807, 2.05) is 30.3 Å². The van der Waals surface area contributed by atoms with Crippen molar-refractivity contribution in [3.63, 3.8) is 0 Å². The standard InChI is InChI=1S/C18H13FN4O/c19-13-7-5-12(6-8-13)17-10-9-14(24-17)11-20-23-18-21-15-3-1-2-4-16(15)22-18/h1-11H,(H2,21,22,23)/b20-11+. The maximum atomic E-state index is 12.9. The molecule has 0 spiro atoms. The van der Waals surface area contributed by atoms with Crippen molar-refractivity contribution in [1.82, 2.24) is 9.97 Å². The third kappa shape index (κ3) is 2.89. The first-order chi connectivity index (χ1) is 11.8. The van der Waals surface area contributed by atoms with Crippen molar-refractivity contribution in [3.05, 3.63) is 72.2 Å². The number of nitrogens with zero attached hydrogens (tertiary/aromatic N) is 2. The Bertz CT molecular complexity index is 968. The van der Waals surface area contributed by atoms with E-state index in [9.17, 15) is 4.39 Å². The van der Waals surface area contributed by atoms with Gasteiger partial charge in [0.05, 0.1) is 17.2 Å². The number of halogens is 1. The number of fused-ring (bicyclic) bond motifs is 1. The maximum Gasteiger partial charge on any atom is 0.222 e. The lowest BCUT2D eigenvalue weighted by molar-refractivity contribution is 0.574. The van der Waals surface area contributed by atoms with Crippen molar-refractivity contribution < 1.29 is 8.81 Å². The molecule has 0 saturated carbocycles. The van der Waals surface area contributed by atoms with E-state index in [1.165, 1.54) is 12.1 Å². The second-order valence-corrected chi connectivity index (χ2v) is 5.18. The first-order valence-corrected chi connectivity index (χ1v) is 7.37. The largest absolute Gasteiger partial charge is 0.455 e. The molecule has 4 aromatic rings. The number of imidazole rings is 1. The summed E-state index contributed by atoms with van der Waals surface area (Å²) in [5, 5.41) is 4.11. The Hall–Kier alpha value is -3.41. The molecule has 6 heteroatoms. The van der Waals surface area contributed by atoms with Crippen molar-refractivity contribution in [2.24, 2.45) is 5.10 Å². The van der Waals surface area contributed by atoms with Gasteiger partial charge in [0.25, 0.3) is 0 Å². The number of H-pyrrole nitrogens is 1. The van der Waals surface area contributed by atoms with Crippen molar-refractivity contribution in [1.29, 1.82) is 0 Å². The van der Waals surface area contributed by atoms with E-state index < -0.39 is 0 Å². The highest BCUT2D eigenvalue weighted by Gasteiger charge is 2.04. The SMILES string of the molecule is Fc1ccc(-c2ccc(/C=N/Nc3nc4ccccc4[nH]3)o2)cc1. The molecule has 0 aliphatic rings. The van der Waals surface area contributed by atoms with Crippen LogP contribution in [0.3, 0.4) is 0 Å². The van der Waals surface area contributed by atoms with Crippen molar-refractivity contribution in [2.45, 2.75) is 0 Å². The van der Waals surface area contributed by atoms with E-state index in [-0.39, 0.29) is 5.82 Å². The third-order valence-electron chi connectivity index (χ3n) is 3.51. The summed E-state index contributed by atoms with van der Waals surface area (Å²) in [4.78, 5) is 7.47. The molecular weight excluding hydrogens is 307 g/mol. The number of aromatic amines is 1. The average molecular weight is 320 g/mol. The maximum absolute atomic E-state index is 12.9. The minimum atomic E-state index is -0.276. The number of hydrogen-bond acceptors (Lipinski definition) is 4. The van der Waals surface area contributed by atoms with Crippen LogP contribution in [0.4, 0.5) is 10.3 Å². The number of hydrogen-bond donors (Lipinski definition) is 2. The molecule has 118 valence electrons. The Labute approximate surface area is 136 Å². The molecular formula is C18H13FN4O. The second-order valence-electron chi connectivity index (χ2n) is 5.18. The van der Waals surface area contributed by atoms with Crippen LogP contribution in [-0.4, -0.2) is 16.2 Å². The zero-order chi connectivity index (χ0) is 16.4. The molecule has 0 saturated heterocycles. The van der Waals surface area contributed by atoms with Crippen LogP contribution in [0.1, 0.15) is 5.76 Å².